The van der Waals surface area contributed by atoms with Crippen molar-refractivity contribution in [3.63, 3.8) is 0 Å². The normalized spacial score (nSPS) is 16.8. The summed E-state index contributed by atoms with van der Waals surface area (Å²) in [5.41, 5.74) is 3.54. The molecule has 0 aliphatic carbocycles. The Hall–Kier alpha value is -2.70. The SMILES string of the molecule is CCn1ncc(C2=NOC(C(=O)NCc3ccccn3)C2)c1C. The van der Waals surface area contributed by atoms with Gasteiger partial charge < -0.3 is 10.2 Å². The highest BCUT2D eigenvalue weighted by Gasteiger charge is 2.30. The molecule has 3 heterocycles. The van der Waals surface area contributed by atoms with Crippen LogP contribution in [0.4, 0.5) is 0 Å². The zero-order valence-corrected chi connectivity index (χ0v) is 13.2. The third-order valence-electron chi connectivity index (χ3n) is 3.84. The van der Waals surface area contributed by atoms with Crippen molar-refractivity contribution in [3.05, 3.63) is 47.5 Å². The van der Waals surface area contributed by atoms with E-state index in [9.17, 15) is 4.79 Å². The monoisotopic (exact) mass is 313 g/mol. The van der Waals surface area contributed by atoms with Crippen molar-refractivity contribution in [1.29, 1.82) is 0 Å². The molecule has 1 aliphatic rings. The Morgan fingerprint density at radius 2 is 2.35 bits per heavy atom. The highest BCUT2D eigenvalue weighted by atomic mass is 16.6. The number of rotatable bonds is 5. The van der Waals surface area contributed by atoms with Crippen LogP contribution in [0.3, 0.4) is 0 Å². The van der Waals surface area contributed by atoms with Crippen LogP contribution in [0, 0.1) is 6.92 Å². The van der Waals surface area contributed by atoms with E-state index in [0.29, 0.717) is 13.0 Å². The van der Waals surface area contributed by atoms with Crippen LogP contribution in [0.15, 0.2) is 35.7 Å². The largest absolute Gasteiger partial charge is 0.382 e. The van der Waals surface area contributed by atoms with E-state index in [1.165, 1.54) is 0 Å². The lowest BCUT2D eigenvalue weighted by Gasteiger charge is -2.09. The van der Waals surface area contributed by atoms with Gasteiger partial charge in [0.25, 0.3) is 5.91 Å². The molecule has 0 spiro atoms. The summed E-state index contributed by atoms with van der Waals surface area (Å²) in [7, 11) is 0. The number of amides is 1. The van der Waals surface area contributed by atoms with Gasteiger partial charge in [0.1, 0.15) is 0 Å². The Bertz CT molecular complexity index is 723. The molecule has 1 aliphatic heterocycles. The zero-order valence-electron chi connectivity index (χ0n) is 13.2. The van der Waals surface area contributed by atoms with Gasteiger partial charge in [-0.1, -0.05) is 11.2 Å². The molecule has 2 aromatic rings. The summed E-state index contributed by atoms with van der Waals surface area (Å²) in [6.45, 7) is 5.20. The fourth-order valence-electron chi connectivity index (χ4n) is 2.52. The Kier molecular flexibility index (Phi) is 4.36. The number of aromatic nitrogens is 3. The topological polar surface area (TPSA) is 81.4 Å². The molecule has 120 valence electrons. The summed E-state index contributed by atoms with van der Waals surface area (Å²) in [5.74, 6) is -0.185. The summed E-state index contributed by atoms with van der Waals surface area (Å²) in [6.07, 6.45) is 3.32. The van der Waals surface area contributed by atoms with Gasteiger partial charge >= 0.3 is 0 Å². The Labute approximate surface area is 134 Å². The molecular weight excluding hydrogens is 294 g/mol. The van der Waals surface area contributed by atoms with E-state index in [4.69, 9.17) is 4.84 Å². The number of carbonyl (C=O) groups is 1. The molecule has 7 nitrogen and oxygen atoms in total. The number of hydrogen-bond donors (Lipinski definition) is 1. The molecule has 2 aromatic heterocycles. The van der Waals surface area contributed by atoms with Crippen LogP contribution in [0.5, 0.6) is 0 Å². The van der Waals surface area contributed by atoms with Gasteiger partial charge in [0.05, 0.1) is 24.1 Å². The van der Waals surface area contributed by atoms with E-state index in [1.54, 1.807) is 12.4 Å². The number of oxime groups is 1. The molecule has 0 aromatic carbocycles. The summed E-state index contributed by atoms with van der Waals surface area (Å²) >= 11 is 0. The summed E-state index contributed by atoms with van der Waals surface area (Å²) in [6, 6.07) is 5.58. The van der Waals surface area contributed by atoms with Crippen LogP contribution in [0.2, 0.25) is 0 Å². The molecule has 1 N–H and O–H groups in total. The van der Waals surface area contributed by atoms with Crippen molar-refractivity contribution in [1.82, 2.24) is 20.1 Å². The first-order valence-corrected chi connectivity index (χ1v) is 7.62. The average Bonchev–Trinajstić information content (AvgIpc) is 3.20. The van der Waals surface area contributed by atoms with Crippen molar-refractivity contribution >= 4 is 11.6 Å². The number of hydrogen-bond acceptors (Lipinski definition) is 5. The molecule has 0 bridgehead atoms. The van der Waals surface area contributed by atoms with E-state index < -0.39 is 6.10 Å². The van der Waals surface area contributed by atoms with Crippen molar-refractivity contribution in [2.24, 2.45) is 5.16 Å². The minimum atomic E-state index is -0.599. The summed E-state index contributed by atoms with van der Waals surface area (Å²) in [5, 5.41) is 11.2. The molecule has 0 radical (unpaired) electrons. The number of pyridine rings is 1. The fourth-order valence-corrected chi connectivity index (χ4v) is 2.52. The van der Waals surface area contributed by atoms with Gasteiger partial charge in [0.2, 0.25) is 6.10 Å². The molecule has 3 rings (SSSR count). The first-order chi connectivity index (χ1) is 11.2. The molecule has 0 fully saturated rings. The number of carbonyl (C=O) groups excluding carboxylic acids is 1. The number of nitrogens with one attached hydrogen (secondary N) is 1. The maximum Gasteiger partial charge on any atom is 0.264 e. The Morgan fingerprint density at radius 3 is 3.04 bits per heavy atom. The van der Waals surface area contributed by atoms with Crippen molar-refractivity contribution in [3.8, 4) is 0 Å². The third-order valence-corrected chi connectivity index (χ3v) is 3.84. The molecule has 1 atom stereocenters. The molecular formula is C16H19N5O2. The first kappa shape index (κ1) is 15.2. The molecule has 0 saturated carbocycles. The standard InChI is InChI=1S/C16H19N5O2/c1-3-21-11(2)13(10-19-21)14-8-15(23-20-14)16(22)18-9-12-6-4-5-7-17-12/h4-7,10,15H,3,8-9H2,1-2H3,(H,18,22). The second-order valence-corrected chi connectivity index (χ2v) is 5.33. The maximum atomic E-state index is 12.2. The predicted octanol–water partition coefficient (Wildman–Crippen LogP) is 1.42. The molecule has 7 heteroatoms. The lowest BCUT2D eigenvalue weighted by molar-refractivity contribution is -0.131. The van der Waals surface area contributed by atoms with Gasteiger partial charge in [-0.25, -0.2) is 0 Å². The van der Waals surface area contributed by atoms with Crippen molar-refractivity contribution < 1.29 is 9.63 Å². The van der Waals surface area contributed by atoms with E-state index in [2.05, 4.69) is 20.6 Å². The molecule has 0 saturated heterocycles. The quantitative estimate of drug-likeness (QED) is 0.905. The highest BCUT2D eigenvalue weighted by Crippen LogP contribution is 2.19. The lowest BCUT2D eigenvalue weighted by atomic mass is 10.1. The van der Waals surface area contributed by atoms with E-state index in [0.717, 1.165) is 29.2 Å². The van der Waals surface area contributed by atoms with Gasteiger partial charge in [0, 0.05) is 30.4 Å². The highest BCUT2D eigenvalue weighted by molar-refractivity contribution is 6.04. The van der Waals surface area contributed by atoms with Crippen molar-refractivity contribution in [2.45, 2.75) is 39.5 Å². The van der Waals surface area contributed by atoms with Gasteiger partial charge in [0.15, 0.2) is 0 Å². The molecule has 1 amide bonds. The first-order valence-electron chi connectivity index (χ1n) is 7.62. The fraction of sp³-hybridized carbons (Fsp3) is 0.375. The van der Waals surface area contributed by atoms with E-state index in [-0.39, 0.29) is 5.91 Å². The Balaban J connectivity index is 1.58. The summed E-state index contributed by atoms with van der Waals surface area (Å²) in [4.78, 5) is 21.6. The van der Waals surface area contributed by atoms with Gasteiger partial charge in [-0.15, -0.1) is 0 Å². The minimum absolute atomic E-state index is 0.185. The van der Waals surface area contributed by atoms with Crippen LogP contribution >= 0.6 is 0 Å². The lowest BCUT2D eigenvalue weighted by Crippen LogP contribution is -2.34. The van der Waals surface area contributed by atoms with Crippen LogP contribution in [0.1, 0.15) is 30.3 Å². The second kappa shape index (κ2) is 6.60. The predicted molar refractivity (Wildman–Crippen MR) is 84.7 cm³/mol. The van der Waals surface area contributed by atoms with Crippen LogP contribution in [-0.4, -0.2) is 32.5 Å². The number of nitrogens with zero attached hydrogens (tertiary/aromatic N) is 4. The van der Waals surface area contributed by atoms with E-state index >= 15 is 0 Å². The second-order valence-electron chi connectivity index (χ2n) is 5.33. The summed E-state index contributed by atoms with van der Waals surface area (Å²) < 4.78 is 1.90. The molecule has 23 heavy (non-hydrogen) atoms. The molecule has 1 unspecified atom stereocenters. The maximum absolute atomic E-state index is 12.2. The Morgan fingerprint density at radius 1 is 1.48 bits per heavy atom. The van der Waals surface area contributed by atoms with Gasteiger partial charge in [-0.3, -0.25) is 14.5 Å². The van der Waals surface area contributed by atoms with Gasteiger partial charge in [-0.2, -0.15) is 5.10 Å². The van der Waals surface area contributed by atoms with Crippen LogP contribution < -0.4 is 5.32 Å². The zero-order chi connectivity index (χ0) is 16.2. The van der Waals surface area contributed by atoms with Crippen molar-refractivity contribution in [2.75, 3.05) is 0 Å². The van der Waals surface area contributed by atoms with E-state index in [1.807, 2.05) is 36.7 Å². The van der Waals surface area contributed by atoms with Gasteiger partial charge in [-0.05, 0) is 26.0 Å². The van der Waals surface area contributed by atoms with Crippen LogP contribution in [0.25, 0.3) is 0 Å². The van der Waals surface area contributed by atoms with Crippen LogP contribution in [-0.2, 0) is 22.7 Å². The smallest absolute Gasteiger partial charge is 0.264 e. The third kappa shape index (κ3) is 3.23. The average molecular weight is 313 g/mol. The minimum Gasteiger partial charge on any atom is -0.382 e. The number of aryl methyl sites for hydroxylation is 1.